The van der Waals surface area contributed by atoms with Crippen molar-refractivity contribution >= 4 is 5.97 Å². The second kappa shape index (κ2) is 23.0. The number of rotatable bonds is 13. The monoisotopic (exact) mass is 1110 g/mol. The lowest BCUT2D eigenvalue weighted by molar-refractivity contribution is -0.406. The summed E-state index contributed by atoms with van der Waals surface area (Å²) in [6.45, 7) is 8.20. The van der Waals surface area contributed by atoms with Crippen molar-refractivity contribution in [1.82, 2.24) is 0 Å². The summed E-state index contributed by atoms with van der Waals surface area (Å²) in [7, 11) is 0. The Bertz CT molecular complexity index is 1990. The van der Waals surface area contributed by atoms with Crippen LogP contribution in [-0.2, 0) is 56.9 Å². The summed E-state index contributed by atoms with van der Waals surface area (Å²) in [5.74, 6) is 2.12. The molecule has 32 atom stereocenters. The van der Waals surface area contributed by atoms with Crippen LogP contribution >= 0.6 is 0 Å². The van der Waals surface area contributed by atoms with Gasteiger partial charge in [0.15, 0.2) is 30.9 Å². The van der Waals surface area contributed by atoms with Gasteiger partial charge in [-0.15, -0.1) is 0 Å². The van der Waals surface area contributed by atoms with Crippen LogP contribution in [0.25, 0.3) is 0 Å². The maximum absolute atomic E-state index is 12.1. The third-order valence-electron chi connectivity index (χ3n) is 20.7. The molecule has 0 aromatic rings. The van der Waals surface area contributed by atoms with Gasteiger partial charge in [0.1, 0.15) is 104 Å². The van der Waals surface area contributed by atoms with E-state index in [9.17, 15) is 66.1 Å². The molecule has 6 heterocycles. The van der Waals surface area contributed by atoms with Gasteiger partial charge in [-0.05, 0) is 104 Å². The van der Waals surface area contributed by atoms with Gasteiger partial charge in [0.05, 0.1) is 38.6 Å². The van der Waals surface area contributed by atoms with Gasteiger partial charge >= 0.3 is 5.97 Å². The van der Waals surface area contributed by atoms with Crippen molar-refractivity contribution in [2.45, 2.75) is 240 Å². The molecule has 10 aliphatic rings. The molecule has 0 radical (unpaired) electrons. The molecule has 4 aliphatic carbocycles. The minimum atomic E-state index is -2.06. The zero-order valence-corrected chi connectivity index (χ0v) is 44.6. The molecular formula is C53H86O24. The first-order valence-corrected chi connectivity index (χ1v) is 28.2. The third kappa shape index (κ3) is 10.5. The van der Waals surface area contributed by atoms with Crippen LogP contribution in [0.2, 0.25) is 0 Å². The van der Waals surface area contributed by atoms with Crippen LogP contribution in [0.1, 0.15) is 98.8 Å². The van der Waals surface area contributed by atoms with Gasteiger partial charge < -0.3 is 113 Å². The van der Waals surface area contributed by atoms with Crippen LogP contribution in [0.3, 0.4) is 0 Å². The molecule has 1 spiro atoms. The molecule has 6 saturated heterocycles. The Kier molecular flexibility index (Phi) is 17.5. The quantitative estimate of drug-likeness (QED) is 0.0679. The zero-order valence-electron chi connectivity index (χ0n) is 44.6. The topological polar surface area (TPSA) is 361 Å². The summed E-state index contributed by atoms with van der Waals surface area (Å²) in [5, 5.41) is 131. The van der Waals surface area contributed by atoms with E-state index in [0.717, 1.165) is 64.9 Å². The minimum absolute atomic E-state index is 0.0652. The van der Waals surface area contributed by atoms with E-state index in [1.54, 1.807) is 0 Å². The first kappa shape index (κ1) is 58.8. The summed E-state index contributed by atoms with van der Waals surface area (Å²) < 4.78 is 67.3. The summed E-state index contributed by atoms with van der Waals surface area (Å²) in [6, 6.07) is 0. The molecule has 24 heteroatoms. The number of aliphatic hydroxyl groups excluding tert-OH is 12. The molecule has 10 rings (SSSR count). The molecule has 12 N–H and O–H groups in total. The Balaban J connectivity index is 0.837. The number of ether oxygens (including phenoxy) is 11. The standard InChI is InChI=1S/C53H86O24/c1-21-8-13-53(68-19-21)22(2)34-29(77-53)15-28-26-7-6-24-14-25(9-11-51(24,4)27(26)10-12-52(28,34)5)69-47-43(66)40(63)44(32(18-56)72-47)74-50-46(76-49-42(65)39(62)36(59)31(17-55)71-49)45(37(60)33(73-50)20-67-23(3)57)75-48-41(64)38(61)35(58)30(16-54)70-48/h21-22,24-50,54-56,58-66H,6-20H2,1-5H3/t21?,22?,24?,25?,26?,27?,28?,29?,30-,31-,32-,33-,34?,35-,36-,37-,38-,39-,40+,41-,42-,43-,44?,45+,46-,47-,48+,49+,50?,51?,52?,53?/m1/s1. The van der Waals surface area contributed by atoms with E-state index in [-0.39, 0.29) is 23.0 Å². The molecule has 0 aromatic heterocycles. The van der Waals surface area contributed by atoms with Crippen molar-refractivity contribution in [3.8, 4) is 0 Å². The van der Waals surface area contributed by atoms with Crippen LogP contribution < -0.4 is 0 Å². The Labute approximate surface area is 448 Å². The number of esters is 1. The lowest BCUT2D eigenvalue weighted by Gasteiger charge is -2.61. The summed E-state index contributed by atoms with van der Waals surface area (Å²) in [4.78, 5) is 12.1. The Morgan fingerprint density at radius 1 is 0.545 bits per heavy atom. The molecule has 10 fully saturated rings. The smallest absolute Gasteiger partial charge is 0.302 e. The van der Waals surface area contributed by atoms with Gasteiger partial charge in [-0.3, -0.25) is 4.79 Å². The van der Waals surface area contributed by atoms with Crippen molar-refractivity contribution in [3.63, 3.8) is 0 Å². The SMILES string of the molecule is CC(=O)OC[C@H]1OC(OC2[C@@H](O)[C@@H](O)[C@H](OC3CCC4(C)C(CCC5C4CCC4(C)C5CC5OC6(CCC(C)CO6)C(C)C54)C3)O[C@@H]2CO)[C@H](O[C@@H]2O[C@H](CO)[C@@H](O)[C@@H](O)[C@H]2O)[C@@H](O[C@@H]2O[C@H](CO)[C@@H](O)[C@@H](O)[C@H]2O)[C@@H]1O. The van der Waals surface area contributed by atoms with Gasteiger partial charge in [0.25, 0.3) is 0 Å². The second-order valence-electron chi connectivity index (χ2n) is 24.9. The minimum Gasteiger partial charge on any atom is -0.463 e. The van der Waals surface area contributed by atoms with E-state index in [2.05, 4.69) is 27.7 Å². The number of hydrogen-bond acceptors (Lipinski definition) is 24. The first-order chi connectivity index (χ1) is 36.6. The maximum atomic E-state index is 12.1. The lowest BCUT2D eigenvalue weighted by Crippen LogP contribution is -2.69. The van der Waals surface area contributed by atoms with Crippen LogP contribution in [0, 0.1) is 52.3 Å². The number of fused-ring (bicyclic) bond motifs is 7. The molecule has 24 nitrogen and oxygen atoms in total. The number of carbonyl (C=O) groups excluding carboxylic acids is 1. The van der Waals surface area contributed by atoms with Crippen LogP contribution in [-0.4, -0.2) is 241 Å². The highest BCUT2D eigenvalue weighted by Crippen LogP contribution is 2.71. The van der Waals surface area contributed by atoms with Crippen LogP contribution in [0.15, 0.2) is 0 Å². The molecular weight excluding hydrogens is 1020 g/mol. The highest BCUT2D eigenvalue weighted by atomic mass is 16.8. The molecule has 6 aliphatic heterocycles. The number of aliphatic hydroxyl groups is 12. The Morgan fingerprint density at radius 3 is 1.73 bits per heavy atom. The van der Waals surface area contributed by atoms with Crippen LogP contribution in [0.5, 0.6) is 0 Å². The second-order valence-corrected chi connectivity index (χ2v) is 24.9. The third-order valence-corrected chi connectivity index (χ3v) is 20.7. The van der Waals surface area contributed by atoms with Crippen molar-refractivity contribution in [2.24, 2.45) is 52.3 Å². The molecule has 442 valence electrons. The predicted octanol–water partition coefficient (Wildman–Crippen LogP) is -2.34. The maximum Gasteiger partial charge on any atom is 0.302 e. The average molecular weight is 1110 g/mol. The molecule has 0 amide bonds. The van der Waals surface area contributed by atoms with Crippen molar-refractivity contribution in [2.75, 3.05) is 33.0 Å². The largest absolute Gasteiger partial charge is 0.463 e. The first-order valence-electron chi connectivity index (χ1n) is 28.2. The average Bonchev–Trinajstić information content (AvgIpc) is 4.13. The Morgan fingerprint density at radius 2 is 1.12 bits per heavy atom. The Hall–Kier alpha value is -1.41. The van der Waals surface area contributed by atoms with Crippen molar-refractivity contribution < 1.29 is 118 Å². The van der Waals surface area contributed by atoms with E-state index < -0.39 is 161 Å². The van der Waals surface area contributed by atoms with E-state index in [0.29, 0.717) is 54.3 Å². The van der Waals surface area contributed by atoms with Gasteiger partial charge in [-0.2, -0.15) is 0 Å². The van der Waals surface area contributed by atoms with E-state index in [1.165, 1.54) is 0 Å². The highest BCUT2D eigenvalue weighted by Gasteiger charge is 2.69. The summed E-state index contributed by atoms with van der Waals surface area (Å²) >= 11 is 0. The molecule has 4 saturated carbocycles. The zero-order chi connectivity index (χ0) is 55.2. The number of hydrogen-bond donors (Lipinski definition) is 12. The molecule has 77 heavy (non-hydrogen) atoms. The fourth-order valence-corrected chi connectivity index (χ4v) is 16.3. The molecule has 0 bridgehead atoms. The van der Waals surface area contributed by atoms with Crippen LogP contribution in [0.4, 0.5) is 0 Å². The fraction of sp³-hybridized carbons (Fsp3) is 0.981. The fourth-order valence-electron chi connectivity index (χ4n) is 16.3. The van der Waals surface area contributed by atoms with E-state index >= 15 is 0 Å². The normalized spacial score (nSPS) is 55.7. The van der Waals surface area contributed by atoms with E-state index in [1.807, 2.05) is 0 Å². The van der Waals surface area contributed by atoms with Crippen molar-refractivity contribution in [1.29, 1.82) is 0 Å². The summed E-state index contributed by atoms with van der Waals surface area (Å²) in [5.41, 5.74) is 0.248. The van der Waals surface area contributed by atoms with Gasteiger partial charge in [-0.25, -0.2) is 0 Å². The van der Waals surface area contributed by atoms with E-state index in [4.69, 9.17) is 52.1 Å². The highest BCUT2D eigenvalue weighted by molar-refractivity contribution is 5.65. The lowest BCUT2D eigenvalue weighted by atomic mass is 9.44. The predicted molar refractivity (Wildman–Crippen MR) is 258 cm³/mol. The van der Waals surface area contributed by atoms with Crippen molar-refractivity contribution in [3.05, 3.63) is 0 Å². The van der Waals surface area contributed by atoms with Gasteiger partial charge in [0, 0.05) is 19.3 Å². The summed E-state index contributed by atoms with van der Waals surface area (Å²) in [6.07, 6.45) is -26.6. The number of carbonyl (C=O) groups is 1. The van der Waals surface area contributed by atoms with Gasteiger partial charge in [0.2, 0.25) is 0 Å². The molecule has 0 aromatic carbocycles. The molecule has 14 unspecified atom stereocenters. The van der Waals surface area contributed by atoms with Gasteiger partial charge in [-0.1, -0.05) is 27.7 Å².